The van der Waals surface area contributed by atoms with Gasteiger partial charge < -0.3 is 0 Å². The van der Waals surface area contributed by atoms with Gasteiger partial charge in [0.25, 0.3) is 0 Å². The Morgan fingerprint density at radius 3 is 2.08 bits per heavy atom. The van der Waals surface area contributed by atoms with Crippen LogP contribution in [0.1, 0.15) is 89.5 Å². The van der Waals surface area contributed by atoms with Crippen molar-refractivity contribution in [2.75, 3.05) is 26.2 Å². The largest absolute Gasteiger partial charge is 0.298 e. The Bertz CT molecular complexity index is 550. The standard InChI is InChI=1S/C20H36N6/c1-16(2)19(20-21-22-23-26(20)18-10-4-3-5-11-18)25-14-12-24(13-15-25)17-8-6-7-9-17/h16-19H,3-15H2,1-2H3. The average Bonchev–Trinajstić information content (AvgIpc) is 3.35. The Morgan fingerprint density at radius 2 is 1.42 bits per heavy atom. The Kier molecular flexibility index (Phi) is 5.89. The molecule has 0 N–H and O–H groups in total. The number of piperazine rings is 1. The van der Waals surface area contributed by atoms with E-state index in [1.807, 2.05) is 0 Å². The predicted octanol–water partition coefficient (Wildman–Crippen LogP) is 3.44. The van der Waals surface area contributed by atoms with E-state index < -0.39 is 0 Å². The van der Waals surface area contributed by atoms with Crippen LogP contribution >= 0.6 is 0 Å². The second-order valence-electron chi connectivity index (χ2n) is 8.97. The first kappa shape index (κ1) is 18.4. The summed E-state index contributed by atoms with van der Waals surface area (Å²) in [4.78, 5) is 5.39. The number of nitrogens with zero attached hydrogens (tertiary/aromatic N) is 6. The zero-order valence-corrected chi connectivity index (χ0v) is 16.7. The fraction of sp³-hybridized carbons (Fsp3) is 0.950. The van der Waals surface area contributed by atoms with E-state index >= 15 is 0 Å². The summed E-state index contributed by atoms with van der Waals surface area (Å²) in [5, 5.41) is 13.1. The Balaban J connectivity index is 1.46. The van der Waals surface area contributed by atoms with Crippen LogP contribution in [0.5, 0.6) is 0 Å². The van der Waals surface area contributed by atoms with E-state index in [1.165, 1.54) is 70.9 Å². The molecule has 0 spiro atoms. The van der Waals surface area contributed by atoms with Crippen LogP contribution in [0.2, 0.25) is 0 Å². The van der Waals surface area contributed by atoms with Crippen LogP contribution in [-0.4, -0.2) is 62.2 Å². The summed E-state index contributed by atoms with van der Waals surface area (Å²) < 4.78 is 2.19. The van der Waals surface area contributed by atoms with Crippen molar-refractivity contribution in [2.24, 2.45) is 5.92 Å². The summed E-state index contributed by atoms with van der Waals surface area (Å²) in [6.07, 6.45) is 12.1. The van der Waals surface area contributed by atoms with E-state index in [1.54, 1.807) is 0 Å². The van der Waals surface area contributed by atoms with E-state index in [0.29, 0.717) is 18.0 Å². The molecule has 1 aliphatic heterocycles. The molecular weight excluding hydrogens is 324 g/mol. The van der Waals surface area contributed by atoms with Crippen molar-refractivity contribution in [3.63, 3.8) is 0 Å². The smallest absolute Gasteiger partial charge is 0.168 e. The Hall–Kier alpha value is -1.01. The molecule has 0 amide bonds. The summed E-state index contributed by atoms with van der Waals surface area (Å²) in [6, 6.07) is 1.70. The second-order valence-corrected chi connectivity index (χ2v) is 8.97. The predicted molar refractivity (Wildman–Crippen MR) is 103 cm³/mol. The summed E-state index contributed by atoms with van der Waals surface area (Å²) >= 11 is 0. The third kappa shape index (κ3) is 3.81. The highest BCUT2D eigenvalue weighted by molar-refractivity contribution is 4.99. The summed E-state index contributed by atoms with van der Waals surface area (Å²) in [6.45, 7) is 9.37. The lowest BCUT2D eigenvalue weighted by molar-refractivity contribution is 0.0487. The fourth-order valence-electron chi connectivity index (χ4n) is 5.51. The lowest BCUT2D eigenvalue weighted by atomic mass is 9.94. The van der Waals surface area contributed by atoms with Gasteiger partial charge in [0.2, 0.25) is 0 Å². The van der Waals surface area contributed by atoms with E-state index in [0.717, 1.165) is 25.0 Å². The molecule has 2 heterocycles. The number of aromatic nitrogens is 4. The normalized spacial score (nSPS) is 26.0. The van der Waals surface area contributed by atoms with Crippen molar-refractivity contribution in [1.29, 1.82) is 0 Å². The van der Waals surface area contributed by atoms with Crippen LogP contribution in [0.3, 0.4) is 0 Å². The maximum Gasteiger partial charge on any atom is 0.168 e. The summed E-state index contributed by atoms with van der Waals surface area (Å²) in [5.41, 5.74) is 0. The van der Waals surface area contributed by atoms with E-state index in [2.05, 4.69) is 43.9 Å². The molecule has 4 rings (SSSR count). The topological polar surface area (TPSA) is 50.1 Å². The zero-order chi connectivity index (χ0) is 17.9. The van der Waals surface area contributed by atoms with Crippen LogP contribution in [-0.2, 0) is 0 Å². The third-order valence-electron chi connectivity index (χ3n) is 6.92. The number of tetrazole rings is 1. The lowest BCUT2D eigenvalue weighted by Gasteiger charge is -2.42. The number of hydrogen-bond acceptors (Lipinski definition) is 5. The van der Waals surface area contributed by atoms with Gasteiger partial charge in [-0.2, -0.15) is 0 Å². The highest BCUT2D eigenvalue weighted by Crippen LogP contribution is 2.34. The highest BCUT2D eigenvalue weighted by atomic mass is 15.6. The molecule has 0 bridgehead atoms. The van der Waals surface area contributed by atoms with Crippen molar-refractivity contribution >= 4 is 0 Å². The molecule has 2 aliphatic carbocycles. The van der Waals surface area contributed by atoms with E-state index in [4.69, 9.17) is 0 Å². The van der Waals surface area contributed by atoms with Crippen molar-refractivity contribution in [3.8, 4) is 0 Å². The minimum absolute atomic E-state index is 0.345. The minimum atomic E-state index is 0.345. The molecule has 26 heavy (non-hydrogen) atoms. The van der Waals surface area contributed by atoms with Gasteiger partial charge in [-0.15, -0.1) is 5.10 Å². The van der Waals surface area contributed by atoms with Gasteiger partial charge in [-0.25, -0.2) is 4.68 Å². The Morgan fingerprint density at radius 1 is 0.808 bits per heavy atom. The molecule has 6 heteroatoms. The molecule has 1 atom stereocenters. The van der Waals surface area contributed by atoms with Gasteiger partial charge >= 0.3 is 0 Å². The molecule has 2 saturated carbocycles. The summed E-state index contributed by atoms with van der Waals surface area (Å²) in [7, 11) is 0. The zero-order valence-electron chi connectivity index (χ0n) is 16.7. The number of rotatable bonds is 5. The van der Waals surface area contributed by atoms with Gasteiger partial charge in [-0.3, -0.25) is 9.80 Å². The monoisotopic (exact) mass is 360 g/mol. The van der Waals surface area contributed by atoms with Crippen LogP contribution in [0.4, 0.5) is 0 Å². The molecule has 3 aliphatic rings. The molecule has 146 valence electrons. The van der Waals surface area contributed by atoms with Crippen molar-refractivity contribution in [1.82, 2.24) is 30.0 Å². The molecule has 0 radical (unpaired) electrons. The molecule has 0 aromatic carbocycles. The molecule has 1 aromatic heterocycles. The second kappa shape index (κ2) is 8.34. The van der Waals surface area contributed by atoms with E-state index in [-0.39, 0.29) is 0 Å². The van der Waals surface area contributed by atoms with Crippen molar-refractivity contribution < 1.29 is 0 Å². The first-order valence-electron chi connectivity index (χ1n) is 11.0. The molecule has 1 unspecified atom stereocenters. The van der Waals surface area contributed by atoms with Crippen molar-refractivity contribution in [2.45, 2.75) is 89.8 Å². The van der Waals surface area contributed by atoms with Crippen LogP contribution in [0, 0.1) is 5.92 Å². The van der Waals surface area contributed by atoms with Crippen LogP contribution in [0.15, 0.2) is 0 Å². The van der Waals surface area contributed by atoms with Crippen LogP contribution < -0.4 is 0 Å². The maximum atomic E-state index is 4.53. The average molecular weight is 361 g/mol. The van der Waals surface area contributed by atoms with Gasteiger partial charge in [0.15, 0.2) is 5.82 Å². The molecule has 6 nitrogen and oxygen atoms in total. The Labute approximate surface area is 158 Å². The van der Waals surface area contributed by atoms with Crippen LogP contribution in [0.25, 0.3) is 0 Å². The van der Waals surface area contributed by atoms with Gasteiger partial charge in [0, 0.05) is 32.2 Å². The van der Waals surface area contributed by atoms with Gasteiger partial charge in [-0.1, -0.05) is 46.0 Å². The highest BCUT2D eigenvalue weighted by Gasteiger charge is 2.34. The fourth-order valence-corrected chi connectivity index (χ4v) is 5.51. The lowest BCUT2D eigenvalue weighted by Crippen LogP contribution is -2.51. The SMILES string of the molecule is CC(C)C(c1nnnn1C1CCCCC1)N1CCN(C2CCCC2)CC1. The molecule has 1 saturated heterocycles. The quantitative estimate of drug-likeness (QED) is 0.805. The molecule has 3 fully saturated rings. The molecular formula is C20H36N6. The number of hydrogen-bond donors (Lipinski definition) is 0. The first-order chi connectivity index (χ1) is 12.7. The molecule has 1 aromatic rings. The minimum Gasteiger partial charge on any atom is -0.298 e. The van der Waals surface area contributed by atoms with E-state index in [9.17, 15) is 0 Å². The van der Waals surface area contributed by atoms with Crippen molar-refractivity contribution in [3.05, 3.63) is 5.82 Å². The third-order valence-corrected chi connectivity index (χ3v) is 6.92. The first-order valence-corrected chi connectivity index (χ1v) is 11.0. The maximum absolute atomic E-state index is 4.53. The van der Waals surface area contributed by atoms with Gasteiger partial charge in [0.05, 0.1) is 12.1 Å². The van der Waals surface area contributed by atoms with Gasteiger partial charge in [-0.05, 0) is 42.0 Å². The summed E-state index contributed by atoms with van der Waals surface area (Å²) in [5.74, 6) is 1.64. The van der Waals surface area contributed by atoms with Gasteiger partial charge in [0.1, 0.15) is 0 Å².